The molecule has 18 heavy (non-hydrogen) atoms. The number of hydrogen-bond donors (Lipinski definition) is 1. The van der Waals surface area contributed by atoms with Crippen LogP contribution in [0.5, 0.6) is 0 Å². The lowest BCUT2D eigenvalue weighted by Crippen LogP contribution is -2.41. The second-order valence-electron chi connectivity index (χ2n) is 4.29. The first kappa shape index (κ1) is 15.1. The molecule has 1 heterocycles. The molecule has 1 atom stereocenters. The van der Waals surface area contributed by atoms with Crippen LogP contribution in [0.3, 0.4) is 0 Å². The van der Waals surface area contributed by atoms with E-state index in [2.05, 4.69) is 5.32 Å². The first-order valence-corrected chi connectivity index (χ1v) is 7.38. The van der Waals surface area contributed by atoms with Crippen molar-refractivity contribution < 1.29 is 18.0 Å². The van der Waals surface area contributed by atoms with Crippen molar-refractivity contribution in [3.8, 4) is 0 Å². The van der Waals surface area contributed by atoms with Gasteiger partial charge in [0.05, 0.1) is 18.2 Å². The summed E-state index contributed by atoms with van der Waals surface area (Å²) in [6.45, 7) is 2.24. The lowest BCUT2D eigenvalue weighted by Gasteiger charge is -2.14. The summed E-state index contributed by atoms with van der Waals surface area (Å²) in [6.07, 6.45) is 0.106. The molecule has 1 fully saturated rings. The average Bonchev–Trinajstić information content (AvgIpc) is 2.53. The molecule has 0 spiro atoms. The highest BCUT2D eigenvalue weighted by atomic mass is 32.2. The summed E-state index contributed by atoms with van der Waals surface area (Å²) in [5.41, 5.74) is 0. The molecule has 1 rings (SSSR count). The van der Waals surface area contributed by atoms with E-state index < -0.39 is 16.1 Å². The lowest BCUT2D eigenvalue weighted by atomic mass is 10.2. The van der Waals surface area contributed by atoms with Gasteiger partial charge in [0.15, 0.2) is 0 Å². The smallest absolute Gasteiger partial charge is 0.246 e. The Labute approximate surface area is 107 Å². The minimum absolute atomic E-state index is 0.0932. The highest BCUT2D eigenvalue weighted by Crippen LogP contribution is 2.12. The molecule has 0 aromatic carbocycles. The van der Waals surface area contributed by atoms with Crippen molar-refractivity contribution in [3.63, 3.8) is 0 Å². The number of sulfonamides is 1. The molecule has 1 N–H and O–H groups in total. The Kier molecular flexibility index (Phi) is 4.83. The molecule has 0 aromatic rings. The quantitative estimate of drug-likeness (QED) is 0.604. The van der Waals surface area contributed by atoms with E-state index in [-0.39, 0.29) is 30.5 Å². The molecule has 0 bridgehead atoms. The fourth-order valence-electron chi connectivity index (χ4n) is 1.72. The Bertz CT molecular complexity index is 432. The third-order valence-electron chi connectivity index (χ3n) is 2.87. The van der Waals surface area contributed by atoms with E-state index in [0.29, 0.717) is 6.54 Å². The van der Waals surface area contributed by atoms with E-state index in [1.165, 1.54) is 19.0 Å². The molecule has 8 heteroatoms. The van der Waals surface area contributed by atoms with Gasteiger partial charge in [-0.15, -0.1) is 0 Å². The molecule has 1 aliphatic rings. The molecule has 104 valence electrons. The molecule has 0 saturated carbocycles. The van der Waals surface area contributed by atoms with E-state index in [1.54, 1.807) is 6.92 Å². The molecule has 1 unspecified atom stereocenters. The van der Waals surface area contributed by atoms with Crippen LogP contribution in [0.15, 0.2) is 0 Å². The van der Waals surface area contributed by atoms with Gasteiger partial charge in [-0.05, 0) is 6.92 Å². The monoisotopic (exact) mass is 277 g/mol. The third kappa shape index (κ3) is 3.27. The van der Waals surface area contributed by atoms with Crippen LogP contribution in [0, 0.1) is 0 Å². The Balaban J connectivity index is 2.47. The molecular formula is C10H19N3O4S. The van der Waals surface area contributed by atoms with Crippen molar-refractivity contribution in [2.45, 2.75) is 19.4 Å². The van der Waals surface area contributed by atoms with Crippen LogP contribution in [0.25, 0.3) is 0 Å². The Hall–Kier alpha value is -0.990. The zero-order valence-corrected chi connectivity index (χ0v) is 11.7. The largest absolute Gasteiger partial charge is 0.304 e. The predicted octanol–water partition coefficient (Wildman–Crippen LogP) is -1.39. The van der Waals surface area contributed by atoms with Crippen molar-refractivity contribution >= 4 is 21.8 Å². The van der Waals surface area contributed by atoms with Crippen molar-refractivity contribution in [1.29, 1.82) is 0 Å². The topological polar surface area (TPSA) is 86.8 Å². The van der Waals surface area contributed by atoms with E-state index >= 15 is 0 Å². The van der Waals surface area contributed by atoms with Crippen molar-refractivity contribution in [3.05, 3.63) is 0 Å². The van der Waals surface area contributed by atoms with Gasteiger partial charge in [-0.2, -0.15) is 0 Å². The number of likely N-dealkylation sites (N-methyl/N-ethyl adjacent to an activating group) is 1. The summed E-state index contributed by atoms with van der Waals surface area (Å²) in [6, 6.07) is -0.588. The Morgan fingerprint density at radius 1 is 1.39 bits per heavy atom. The predicted molar refractivity (Wildman–Crippen MR) is 66.3 cm³/mol. The third-order valence-corrected chi connectivity index (χ3v) is 4.70. The normalized spacial score (nSPS) is 21.1. The standard InChI is InChI=1S/C10H19N3O4S/c1-4-13-9(14)7-8(10(13)15)11-5-6-18(16,17)12(2)3/h8,11H,4-7H2,1-3H3. The minimum atomic E-state index is -3.28. The summed E-state index contributed by atoms with van der Waals surface area (Å²) >= 11 is 0. The fraction of sp³-hybridized carbons (Fsp3) is 0.800. The number of rotatable bonds is 6. The number of carbonyl (C=O) groups excluding carboxylic acids is 2. The van der Waals surface area contributed by atoms with Gasteiger partial charge in [0.2, 0.25) is 21.8 Å². The average molecular weight is 277 g/mol. The van der Waals surface area contributed by atoms with Gasteiger partial charge in [0, 0.05) is 27.2 Å². The first-order valence-electron chi connectivity index (χ1n) is 5.77. The molecule has 0 aromatic heterocycles. The number of imide groups is 1. The highest BCUT2D eigenvalue weighted by molar-refractivity contribution is 7.89. The van der Waals surface area contributed by atoms with E-state index in [9.17, 15) is 18.0 Å². The lowest BCUT2D eigenvalue weighted by molar-refractivity contribution is -0.138. The number of nitrogens with one attached hydrogen (secondary N) is 1. The summed E-state index contributed by atoms with van der Waals surface area (Å²) in [7, 11) is -0.366. The van der Waals surface area contributed by atoms with Crippen LogP contribution in [-0.4, -0.2) is 68.4 Å². The maximum absolute atomic E-state index is 11.7. The Morgan fingerprint density at radius 2 is 2.00 bits per heavy atom. The minimum Gasteiger partial charge on any atom is -0.304 e. The number of likely N-dealkylation sites (tertiary alicyclic amines) is 1. The van der Waals surface area contributed by atoms with Gasteiger partial charge >= 0.3 is 0 Å². The van der Waals surface area contributed by atoms with Crippen LogP contribution in [-0.2, 0) is 19.6 Å². The van der Waals surface area contributed by atoms with Gasteiger partial charge < -0.3 is 5.32 Å². The van der Waals surface area contributed by atoms with Crippen LogP contribution in [0.2, 0.25) is 0 Å². The van der Waals surface area contributed by atoms with Crippen LogP contribution in [0.1, 0.15) is 13.3 Å². The summed E-state index contributed by atoms with van der Waals surface area (Å²) < 4.78 is 24.1. The molecule has 0 radical (unpaired) electrons. The SMILES string of the molecule is CCN1C(=O)CC(NCCS(=O)(=O)N(C)C)C1=O. The molecule has 1 saturated heterocycles. The molecule has 7 nitrogen and oxygen atoms in total. The van der Waals surface area contributed by atoms with Crippen molar-refractivity contribution in [2.24, 2.45) is 0 Å². The number of amides is 2. The van der Waals surface area contributed by atoms with Gasteiger partial charge in [-0.3, -0.25) is 14.5 Å². The summed E-state index contributed by atoms with van der Waals surface area (Å²) in [4.78, 5) is 24.3. The van der Waals surface area contributed by atoms with Crippen molar-refractivity contribution in [2.75, 3.05) is 32.9 Å². The summed E-state index contributed by atoms with van der Waals surface area (Å²) in [5, 5.41) is 2.82. The van der Waals surface area contributed by atoms with Gasteiger partial charge in [0.1, 0.15) is 0 Å². The van der Waals surface area contributed by atoms with Gasteiger partial charge in [-0.25, -0.2) is 12.7 Å². The zero-order valence-electron chi connectivity index (χ0n) is 10.8. The van der Waals surface area contributed by atoms with Crippen LogP contribution >= 0.6 is 0 Å². The number of carbonyl (C=O) groups is 2. The maximum Gasteiger partial charge on any atom is 0.246 e. The van der Waals surface area contributed by atoms with Crippen molar-refractivity contribution in [1.82, 2.24) is 14.5 Å². The van der Waals surface area contributed by atoms with Crippen LogP contribution < -0.4 is 5.32 Å². The zero-order chi connectivity index (χ0) is 13.9. The molecular weight excluding hydrogens is 258 g/mol. The number of hydrogen-bond acceptors (Lipinski definition) is 5. The molecule has 1 aliphatic heterocycles. The Morgan fingerprint density at radius 3 is 2.44 bits per heavy atom. The fourth-order valence-corrected chi connectivity index (χ4v) is 2.46. The van der Waals surface area contributed by atoms with E-state index in [4.69, 9.17) is 0 Å². The van der Waals surface area contributed by atoms with Gasteiger partial charge in [0.25, 0.3) is 0 Å². The van der Waals surface area contributed by atoms with Gasteiger partial charge in [-0.1, -0.05) is 0 Å². The summed E-state index contributed by atoms with van der Waals surface area (Å²) in [5.74, 6) is -0.579. The van der Waals surface area contributed by atoms with E-state index in [1.807, 2.05) is 0 Å². The second-order valence-corrected chi connectivity index (χ2v) is 6.59. The highest BCUT2D eigenvalue weighted by Gasteiger charge is 2.37. The van der Waals surface area contributed by atoms with Crippen LogP contribution in [0.4, 0.5) is 0 Å². The first-order chi connectivity index (χ1) is 8.29. The number of nitrogens with zero attached hydrogens (tertiary/aromatic N) is 2. The second kappa shape index (κ2) is 5.77. The molecule has 2 amide bonds. The maximum atomic E-state index is 11.7. The molecule has 0 aliphatic carbocycles. The van der Waals surface area contributed by atoms with E-state index in [0.717, 1.165) is 4.31 Å².